The van der Waals surface area contributed by atoms with Crippen LogP contribution in [0.5, 0.6) is 0 Å². The molecule has 0 amide bonds. The van der Waals surface area contributed by atoms with Crippen molar-refractivity contribution in [2.45, 2.75) is 32.9 Å². The normalized spacial score (nSPS) is 15.9. The van der Waals surface area contributed by atoms with E-state index in [0.717, 1.165) is 6.54 Å². The van der Waals surface area contributed by atoms with E-state index in [0.29, 0.717) is 12.0 Å². The highest BCUT2D eigenvalue weighted by Crippen LogP contribution is 2.19. The zero-order valence-corrected chi connectivity index (χ0v) is 10.9. The molecule has 0 aliphatic rings. The molecule has 0 spiro atoms. The zero-order chi connectivity index (χ0) is 11.4. The lowest BCUT2D eigenvalue weighted by atomic mass is 10.0. The molecule has 2 unspecified atom stereocenters. The summed E-state index contributed by atoms with van der Waals surface area (Å²) in [5.74, 6) is 0.672. The molecule has 0 saturated heterocycles. The maximum Gasteiger partial charge on any atom is 0.0519 e. The van der Waals surface area contributed by atoms with Gasteiger partial charge in [-0.25, -0.2) is 0 Å². The smallest absolute Gasteiger partial charge is 0.0519 e. The topological polar surface area (TPSA) is 29.3 Å². The van der Waals surface area contributed by atoms with Crippen LogP contribution in [0.25, 0.3) is 0 Å². The van der Waals surface area contributed by atoms with Crippen molar-refractivity contribution < 1.29 is 0 Å². The first-order valence-electron chi connectivity index (χ1n) is 5.51. The van der Waals surface area contributed by atoms with Crippen molar-refractivity contribution in [3.63, 3.8) is 0 Å². The summed E-state index contributed by atoms with van der Waals surface area (Å²) in [5.41, 5.74) is 6.15. The monoisotopic (exact) mass is 226 g/mol. The van der Waals surface area contributed by atoms with Crippen LogP contribution in [0.15, 0.2) is 17.5 Å². The van der Waals surface area contributed by atoms with E-state index >= 15 is 0 Å². The van der Waals surface area contributed by atoms with Crippen molar-refractivity contribution in [3.05, 3.63) is 22.4 Å². The fourth-order valence-electron chi connectivity index (χ4n) is 1.58. The average molecular weight is 226 g/mol. The van der Waals surface area contributed by atoms with Crippen LogP contribution in [0, 0.1) is 5.92 Å². The van der Waals surface area contributed by atoms with Gasteiger partial charge < -0.3 is 10.6 Å². The molecular formula is C12H22N2S. The number of hydrogen-bond donors (Lipinski definition) is 1. The van der Waals surface area contributed by atoms with Crippen LogP contribution in [-0.4, -0.2) is 24.5 Å². The van der Waals surface area contributed by atoms with E-state index in [4.69, 9.17) is 5.73 Å². The van der Waals surface area contributed by atoms with Gasteiger partial charge in [0.15, 0.2) is 0 Å². The second-order valence-corrected chi connectivity index (χ2v) is 5.53. The second kappa shape index (κ2) is 5.64. The summed E-state index contributed by atoms with van der Waals surface area (Å²) >= 11 is 1.74. The molecule has 0 aromatic carbocycles. The predicted molar refractivity (Wildman–Crippen MR) is 68.2 cm³/mol. The van der Waals surface area contributed by atoms with Crippen LogP contribution < -0.4 is 5.73 Å². The molecule has 0 aliphatic carbocycles. The fourth-order valence-corrected chi connectivity index (χ4v) is 2.30. The summed E-state index contributed by atoms with van der Waals surface area (Å²) in [7, 11) is 2.15. The number of hydrogen-bond acceptors (Lipinski definition) is 3. The minimum atomic E-state index is 0.149. The van der Waals surface area contributed by atoms with Gasteiger partial charge in [-0.05, 0) is 31.3 Å². The SMILES string of the molecule is CC(C)C(C)N(C)CC(N)c1cccs1. The van der Waals surface area contributed by atoms with Crippen LogP contribution in [0.3, 0.4) is 0 Å². The minimum absolute atomic E-state index is 0.149. The molecule has 15 heavy (non-hydrogen) atoms. The molecule has 1 aromatic rings. The summed E-state index contributed by atoms with van der Waals surface area (Å²) in [6, 6.07) is 4.90. The summed E-state index contributed by atoms with van der Waals surface area (Å²) in [6.45, 7) is 7.68. The molecule has 1 rings (SSSR count). The minimum Gasteiger partial charge on any atom is -0.322 e. The van der Waals surface area contributed by atoms with Gasteiger partial charge in [0.05, 0.1) is 6.04 Å². The van der Waals surface area contributed by atoms with Gasteiger partial charge in [-0.3, -0.25) is 0 Å². The van der Waals surface area contributed by atoms with Gasteiger partial charge >= 0.3 is 0 Å². The fraction of sp³-hybridized carbons (Fsp3) is 0.667. The molecule has 0 fully saturated rings. The van der Waals surface area contributed by atoms with Crippen molar-refractivity contribution in [2.24, 2.45) is 11.7 Å². The third kappa shape index (κ3) is 3.59. The number of likely N-dealkylation sites (N-methyl/N-ethyl adjacent to an activating group) is 1. The van der Waals surface area contributed by atoms with Crippen molar-refractivity contribution in [2.75, 3.05) is 13.6 Å². The Labute approximate surface area is 97.1 Å². The van der Waals surface area contributed by atoms with E-state index in [1.165, 1.54) is 4.88 Å². The molecule has 2 N–H and O–H groups in total. The number of rotatable bonds is 5. The Hall–Kier alpha value is -0.380. The summed E-state index contributed by atoms with van der Waals surface area (Å²) in [5, 5.41) is 2.08. The molecule has 0 saturated carbocycles. The van der Waals surface area contributed by atoms with E-state index in [2.05, 4.69) is 50.2 Å². The molecular weight excluding hydrogens is 204 g/mol. The van der Waals surface area contributed by atoms with Gasteiger partial charge in [0.1, 0.15) is 0 Å². The third-order valence-electron chi connectivity index (χ3n) is 3.05. The van der Waals surface area contributed by atoms with Crippen LogP contribution in [0.4, 0.5) is 0 Å². The molecule has 86 valence electrons. The summed E-state index contributed by atoms with van der Waals surface area (Å²) in [4.78, 5) is 3.62. The number of thiophene rings is 1. The quantitative estimate of drug-likeness (QED) is 0.836. The summed E-state index contributed by atoms with van der Waals surface area (Å²) in [6.07, 6.45) is 0. The standard InChI is InChI=1S/C12H22N2S/c1-9(2)10(3)14(4)8-11(13)12-6-5-7-15-12/h5-7,9-11H,8,13H2,1-4H3. The maximum atomic E-state index is 6.15. The highest BCUT2D eigenvalue weighted by atomic mass is 32.1. The molecule has 0 aliphatic heterocycles. The number of nitrogens with zero attached hydrogens (tertiary/aromatic N) is 1. The van der Waals surface area contributed by atoms with Crippen LogP contribution in [-0.2, 0) is 0 Å². The van der Waals surface area contributed by atoms with Gasteiger partial charge in [0, 0.05) is 17.5 Å². The average Bonchev–Trinajstić information content (AvgIpc) is 2.68. The van der Waals surface area contributed by atoms with Gasteiger partial charge in [0.2, 0.25) is 0 Å². The Morgan fingerprint density at radius 3 is 2.53 bits per heavy atom. The molecule has 0 radical (unpaired) electrons. The van der Waals surface area contributed by atoms with E-state index in [-0.39, 0.29) is 6.04 Å². The van der Waals surface area contributed by atoms with E-state index in [1.807, 2.05) is 0 Å². The third-order valence-corrected chi connectivity index (χ3v) is 4.06. The largest absolute Gasteiger partial charge is 0.322 e. The van der Waals surface area contributed by atoms with Crippen LogP contribution >= 0.6 is 11.3 Å². The highest BCUT2D eigenvalue weighted by Gasteiger charge is 2.16. The van der Waals surface area contributed by atoms with Gasteiger partial charge in [0.25, 0.3) is 0 Å². The Balaban J connectivity index is 2.48. The van der Waals surface area contributed by atoms with E-state index < -0.39 is 0 Å². The van der Waals surface area contributed by atoms with E-state index in [9.17, 15) is 0 Å². The molecule has 3 heteroatoms. The van der Waals surface area contributed by atoms with Gasteiger partial charge in [-0.2, -0.15) is 0 Å². The first-order valence-corrected chi connectivity index (χ1v) is 6.39. The highest BCUT2D eigenvalue weighted by molar-refractivity contribution is 7.10. The molecule has 0 bridgehead atoms. The zero-order valence-electron chi connectivity index (χ0n) is 10.1. The Bertz CT molecular complexity index is 269. The first kappa shape index (κ1) is 12.7. The molecule has 1 heterocycles. The summed E-state index contributed by atoms with van der Waals surface area (Å²) < 4.78 is 0. The van der Waals surface area contributed by atoms with Crippen LogP contribution in [0.2, 0.25) is 0 Å². The lowest BCUT2D eigenvalue weighted by Crippen LogP contribution is -2.38. The second-order valence-electron chi connectivity index (χ2n) is 4.55. The van der Waals surface area contributed by atoms with Crippen molar-refractivity contribution in [1.82, 2.24) is 4.90 Å². The lowest BCUT2D eigenvalue weighted by Gasteiger charge is -2.29. The Morgan fingerprint density at radius 1 is 1.40 bits per heavy atom. The molecule has 2 atom stereocenters. The van der Waals surface area contributed by atoms with Crippen LogP contribution in [0.1, 0.15) is 31.7 Å². The van der Waals surface area contributed by atoms with Crippen molar-refractivity contribution in [1.29, 1.82) is 0 Å². The van der Waals surface area contributed by atoms with Crippen molar-refractivity contribution >= 4 is 11.3 Å². The number of nitrogens with two attached hydrogens (primary N) is 1. The lowest BCUT2D eigenvalue weighted by molar-refractivity contribution is 0.198. The van der Waals surface area contributed by atoms with E-state index in [1.54, 1.807) is 11.3 Å². The van der Waals surface area contributed by atoms with Crippen molar-refractivity contribution in [3.8, 4) is 0 Å². The van der Waals surface area contributed by atoms with Gasteiger partial charge in [-0.1, -0.05) is 19.9 Å². The molecule has 1 aromatic heterocycles. The first-order chi connectivity index (χ1) is 7.02. The predicted octanol–water partition coefficient (Wildman–Crippen LogP) is 2.72. The Kier molecular flexibility index (Phi) is 4.77. The maximum absolute atomic E-state index is 6.15. The Morgan fingerprint density at radius 2 is 2.07 bits per heavy atom. The van der Waals surface area contributed by atoms with Gasteiger partial charge in [-0.15, -0.1) is 11.3 Å². The molecule has 2 nitrogen and oxygen atoms in total.